The zero-order chi connectivity index (χ0) is 23.8. The minimum atomic E-state index is -0.365. The highest BCUT2D eigenvalue weighted by molar-refractivity contribution is 5.97. The first-order valence-electron chi connectivity index (χ1n) is 12.0. The van der Waals surface area contributed by atoms with Crippen molar-refractivity contribution in [2.45, 2.75) is 71.9 Å². The van der Waals surface area contributed by atoms with Crippen LogP contribution in [0.1, 0.15) is 79.9 Å². The van der Waals surface area contributed by atoms with Gasteiger partial charge in [0.25, 0.3) is 5.91 Å². The van der Waals surface area contributed by atoms with Gasteiger partial charge in [-0.15, -0.1) is 0 Å². The molecule has 0 aromatic heterocycles. The molecule has 2 aromatic carbocycles. The number of nitrogens with zero attached hydrogens (tertiary/aromatic N) is 1. The van der Waals surface area contributed by atoms with Gasteiger partial charge in [-0.1, -0.05) is 42.8 Å². The monoisotopic (exact) mass is 445 g/mol. The van der Waals surface area contributed by atoms with E-state index in [9.17, 15) is 10.1 Å². The lowest BCUT2D eigenvalue weighted by molar-refractivity contribution is -0.117. The molecule has 0 spiro atoms. The normalized spacial score (nSPS) is 15.1. The van der Waals surface area contributed by atoms with E-state index in [1.54, 1.807) is 0 Å². The van der Waals surface area contributed by atoms with Crippen molar-refractivity contribution in [1.29, 1.82) is 5.26 Å². The van der Waals surface area contributed by atoms with E-state index in [2.05, 4.69) is 34.9 Å². The second kappa shape index (κ2) is 11.6. The van der Waals surface area contributed by atoms with Crippen LogP contribution in [0.3, 0.4) is 0 Å². The van der Waals surface area contributed by atoms with Crippen molar-refractivity contribution < 1.29 is 9.53 Å². The number of rotatable bonds is 9. The van der Waals surface area contributed by atoms with Crippen molar-refractivity contribution in [3.05, 3.63) is 76.0 Å². The smallest absolute Gasteiger partial charge is 0.263 e. The summed E-state index contributed by atoms with van der Waals surface area (Å²) in [5.41, 5.74) is 6.09. The van der Waals surface area contributed by atoms with Crippen molar-refractivity contribution >= 4 is 5.91 Å². The number of hydrogen-bond donors (Lipinski definition) is 2. The van der Waals surface area contributed by atoms with Crippen LogP contribution in [0.5, 0.6) is 5.75 Å². The molecule has 2 atom stereocenters. The Morgan fingerprint density at radius 3 is 2.61 bits per heavy atom. The summed E-state index contributed by atoms with van der Waals surface area (Å²) in [6, 6.07) is 14.4. The van der Waals surface area contributed by atoms with Gasteiger partial charge in [0, 0.05) is 11.8 Å². The summed E-state index contributed by atoms with van der Waals surface area (Å²) in [7, 11) is 0. The van der Waals surface area contributed by atoms with Crippen LogP contribution in [-0.4, -0.2) is 12.5 Å². The van der Waals surface area contributed by atoms with E-state index in [1.807, 2.05) is 45.9 Å². The molecule has 0 fully saturated rings. The summed E-state index contributed by atoms with van der Waals surface area (Å²) in [4.78, 5) is 12.9. The number of ether oxygens (including phenoxy) is 1. The van der Waals surface area contributed by atoms with Crippen LogP contribution >= 0.6 is 0 Å². The summed E-state index contributed by atoms with van der Waals surface area (Å²) >= 11 is 0. The number of amides is 1. The third-order valence-electron chi connectivity index (χ3n) is 6.26. The zero-order valence-electron chi connectivity index (χ0n) is 20.2. The molecule has 2 unspecified atom stereocenters. The Kier molecular flexibility index (Phi) is 8.54. The largest absolute Gasteiger partial charge is 0.494 e. The Hall–Kier alpha value is -3.26. The molecule has 1 aliphatic carbocycles. The summed E-state index contributed by atoms with van der Waals surface area (Å²) in [6.07, 6.45) is 6.97. The molecule has 0 heterocycles. The number of hydrogen-bond acceptors (Lipinski definition) is 4. The SMILES string of the molecule is CCOc1ccc(C)cc1C(C)N/C=C(/C#N)C(=O)NC(CC)c1ccc2c(c1)CCCC2. The summed E-state index contributed by atoms with van der Waals surface area (Å²) in [5.74, 6) is 0.439. The highest BCUT2D eigenvalue weighted by atomic mass is 16.5. The molecular formula is C28H35N3O2. The van der Waals surface area contributed by atoms with Crippen molar-refractivity contribution in [3.8, 4) is 11.8 Å². The molecule has 0 aliphatic heterocycles. The van der Waals surface area contributed by atoms with Gasteiger partial charge in [0.2, 0.25) is 0 Å². The third-order valence-corrected chi connectivity index (χ3v) is 6.26. The Balaban J connectivity index is 1.71. The Morgan fingerprint density at radius 1 is 1.15 bits per heavy atom. The molecule has 5 nitrogen and oxygen atoms in total. The molecule has 2 aromatic rings. The van der Waals surface area contributed by atoms with Crippen LogP contribution in [-0.2, 0) is 17.6 Å². The average molecular weight is 446 g/mol. The van der Waals surface area contributed by atoms with Gasteiger partial charge in [0.05, 0.1) is 18.7 Å². The molecule has 0 bridgehead atoms. The van der Waals surface area contributed by atoms with Crippen molar-refractivity contribution in [2.75, 3.05) is 6.61 Å². The fourth-order valence-corrected chi connectivity index (χ4v) is 4.37. The van der Waals surface area contributed by atoms with Gasteiger partial charge in [-0.05, 0) is 75.6 Å². The molecule has 174 valence electrons. The lowest BCUT2D eigenvalue weighted by Crippen LogP contribution is -2.30. The van der Waals surface area contributed by atoms with E-state index < -0.39 is 0 Å². The average Bonchev–Trinajstić information content (AvgIpc) is 2.83. The minimum absolute atomic E-state index is 0.0591. The van der Waals surface area contributed by atoms with Gasteiger partial charge in [-0.2, -0.15) is 5.26 Å². The number of nitrogens with one attached hydrogen (secondary N) is 2. The van der Waals surface area contributed by atoms with Gasteiger partial charge in [-0.3, -0.25) is 4.79 Å². The number of carbonyl (C=O) groups excluding carboxylic acids is 1. The lowest BCUT2D eigenvalue weighted by Gasteiger charge is -2.22. The maximum Gasteiger partial charge on any atom is 0.263 e. The Bertz CT molecular complexity index is 1050. The topological polar surface area (TPSA) is 74.1 Å². The quantitative estimate of drug-likeness (QED) is 0.389. The van der Waals surface area contributed by atoms with Gasteiger partial charge >= 0.3 is 0 Å². The van der Waals surface area contributed by atoms with Crippen molar-refractivity contribution in [3.63, 3.8) is 0 Å². The number of fused-ring (bicyclic) bond motifs is 1. The van der Waals surface area contributed by atoms with E-state index in [0.29, 0.717) is 6.61 Å². The van der Waals surface area contributed by atoms with Crippen molar-refractivity contribution in [2.24, 2.45) is 0 Å². The second-order valence-corrected chi connectivity index (χ2v) is 8.70. The molecule has 0 saturated heterocycles. The molecule has 33 heavy (non-hydrogen) atoms. The van der Waals surface area contributed by atoms with Gasteiger partial charge < -0.3 is 15.4 Å². The third kappa shape index (κ3) is 6.16. The Labute approximate surface area is 197 Å². The second-order valence-electron chi connectivity index (χ2n) is 8.70. The fraction of sp³-hybridized carbons (Fsp3) is 0.429. The van der Waals surface area contributed by atoms with Crippen LogP contribution in [0.25, 0.3) is 0 Å². The van der Waals surface area contributed by atoms with Gasteiger partial charge in [0.15, 0.2) is 0 Å². The van der Waals surface area contributed by atoms with E-state index in [1.165, 1.54) is 30.2 Å². The first-order chi connectivity index (χ1) is 16.0. The highest BCUT2D eigenvalue weighted by Gasteiger charge is 2.19. The first-order valence-corrected chi connectivity index (χ1v) is 12.0. The molecule has 1 aliphatic rings. The molecule has 3 rings (SSSR count). The van der Waals surface area contributed by atoms with E-state index >= 15 is 0 Å². The molecule has 1 amide bonds. The molecule has 0 saturated carbocycles. The Morgan fingerprint density at radius 2 is 1.91 bits per heavy atom. The van der Waals surface area contributed by atoms with E-state index in [0.717, 1.165) is 41.7 Å². The standard InChI is InChI=1S/C28H35N3O2/c1-5-26(23-13-12-21-9-7-8-10-22(21)16-23)31-28(32)24(17-29)18-30-20(4)25-15-19(3)11-14-27(25)33-6-2/h11-16,18,20,26,30H,5-10H2,1-4H3,(H,31,32)/b24-18-. The van der Waals surface area contributed by atoms with Gasteiger partial charge in [-0.25, -0.2) is 0 Å². The number of benzene rings is 2. The predicted molar refractivity (Wildman–Crippen MR) is 132 cm³/mol. The molecule has 2 N–H and O–H groups in total. The van der Waals surface area contributed by atoms with Crippen LogP contribution in [0, 0.1) is 18.3 Å². The van der Waals surface area contributed by atoms with Crippen LogP contribution in [0.4, 0.5) is 0 Å². The molecule has 5 heteroatoms. The summed E-state index contributed by atoms with van der Waals surface area (Å²) in [5, 5.41) is 15.9. The maximum atomic E-state index is 12.9. The summed E-state index contributed by atoms with van der Waals surface area (Å²) < 4.78 is 5.74. The molecule has 0 radical (unpaired) electrons. The number of aryl methyl sites for hydroxylation is 3. The van der Waals surface area contributed by atoms with Crippen LogP contribution in [0.2, 0.25) is 0 Å². The zero-order valence-corrected chi connectivity index (χ0v) is 20.2. The highest BCUT2D eigenvalue weighted by Crippen LogP contribution is 2.28. The van der Waals surface area contributed by atoms with E-state index in [-0.39, 0.29) is 23.6 Å². The van der Waals surface area contributed by atoms with Crippen LogP contribution in [0.15, 0.2) is 48.2 Å². The number of nitriles is 1. The first kappa shape index (κ1) is 24.4. The maximum absolute atomic E-state index is 12.9. The lowest BCUT2D eigenvalue weighted by atomic mass is 9.88. The van der Waals surface area contributed by atoms with Gasteiger partial charge in [0.1, 0.15) is 17.4 Å². The van der Waals surface area contributed by atoms with Crippen molar-refractivity contribution in [1.82, 2.24) is 10.6 Å². The fourth-order valence-electron chi connectivity index (χ4n) is 4.37. The van der Waals surface area contributed by atoms with E-state index in [4.69, 9.17) is 4.74 Å². The predicted octanol–water partition coefficient (Wildman–Crippen LogP) is 5.60. The molecular weight excluding hydrogens is 410 g/mol. The minimum Gasteiger partial charge on any atom is -0.494 e. The number of carbonyl (C=O) groups is 1. The summed E-state index contributed by atoms with van der Waals surface area (Å²) in [6.45, 7) is 8.59. The van der Waals surface area contributed by atoms with Crippen LogP contribution < -0.4 is 15.4 Å².